The van der Waals surface area contributed by atoms with Crippen molar-refractivity contribution in [3.63, 3.8) is 0 Å². The number of carbonyl (C=O) groups excluding carboxylic acids is 1. The van der Waals surface area contributed by atoms with Crippen molar-refractivity contribution in [3.8, 4) is 0 Å². The second-order valence-corrected chi connectivity index (χ2v) is 9.42. The van der Waals surface area contributed by atoms with Gasteiger partial charge in [0.1, 0.15) is 6.54 Å². The fourth-order valence-electron chi connectivity index (χ4n) is 4.54. The molecule has 188 valence electrons. The number of aromatic nitrogens is 4. The van der Waals surface area contributed by atoms with Gasteiger partial charge in [-0.1, -0.05) is 76.2 Å². The zero-order valence-corrected chi connectivity index (χ0v) is 21.3. The number of nitrogens with one attached hydrogen (secondary N) is 1. The van der Waals surface area contributed by atoms with E-state index in [1.807, 2.05) is 76.2 Å². The molecule has 2 aromatic heterocycles. The van der Waals surface area contributed by atoms with Crippen molar-refractivity contribution < 1.29 is 4.79 Å². The Bertz CT molecular complexity index is 1470. The number of benzene rings is 2. The number of hydrogen-bond donors (Lipinski definition) is 1. The monoisotopic (exact) mass is 487 g/mol. The molecule has 0 aliphatic carbocycles. The number of anilines is 1. The van der Waals surface area contributed by atoms with Gasteiger partial charge in [0.05, 0.1) is 12.9 Å². The molecule has 8 nitrogen and oxygen atoms in total. The van der Waals surface area contributed by atoms with E-state index in [0.29, 0.717) is 17.7 Å². The first-order valence-electron chi connectivity index (χ1n) is 12.5. The van der Waals surface area contributed by atoms with E-state index in [-0.39, 0.29) is 19.0 Å². The lowest BCUT2D eigenvalue weighted by Gasteiger charge is -2.16. The smallest absolute Gasteiger partial charge is 0.324 e. The van der Waals surface area contributed by atoms with Crippen molar-refractivity contribution in [1.29, 1.82) is 0 Å². The Kier molecular flexibility index (Phi) is 7.52. The molecule has 2 heterocycles. The van der Waals surface area contributed by atoms with Crippen molar-refractivity contribution in [2.24, 2.45) is 5.92 Å². The SMILES string of the molecule is CCc1cccc(CC)c1NC(=O)Cn1c(=O)c2c(ncn2CC(C)C)n(Cc2ccccc2)c1=O. The molecule has 0 aliphatic rings. The summed E-state index contributed by atoms with van der Waals surface area (Å²) in [5.41, 5.74) is 3.29. The molecule has 0 spiro atoms. The Balaban J connectivity index is 1.80. The fraction of sp³-hybridized carbons (Fsp3) is 0.357. The first-order valence-corrected chi connectivity index (χ1v) is 12.5. The molecule has 36 heavy (non-hydrogen) atoms. The maximum Gasteiger partial charge on any atom is 0.333 e. The standard InChI is InChI=1S/C28H33N5O3/c1-5-21-13-10-14-22(6-2)24(21)30-23(34)17-33-27(35)25-26(29-18-31(25)15-19(3)4)32(28(33)36)16-20-11-8-7-9-12-20/h7-14,18-19H,5-6,15-17H2,1-4H3,(H,30,34). The molecule has 0 unspecified atom stereocenters. The summed E-state index contributed by atoms with van der Waals surface area (Å²) in [5.74, 6) is -0.142. The Morgan fingerprint density at radius 2 is 1.61 bits per heavy atom. The lowest BCUT2D eigenvalue weighted by molar-refractivity contribution is -0.116. The topological polar surface area (TPSA) is 90.9 Å². The number of para-hydroxylation sites is 1. The molecule has 4 aromatic rings. The molecule has 8 heteroatoms. The minimum atomic E-state index is -0.555. The summed E-state index contributed by atoms with van der Waals surface area (Å²) in [5, 5.41) is 2.97. The van der Waals surface area contributed by atoms with Crippen LogP contribution in [0.5, 0.6) is 0 Å². The minimum absolute atomic E-state index is 0.245. The largest absolute Gasteiger partial charge is 0.333 e. The average Bonchev–Trinajstić information content (AvgIpc) is 3.28. The number of imidazole rings is 1. The third-order valence-electron chi connectivity index (χ3n) is 6.29. The summed E-state index contributed by atoms with van der Waals surface area (Å²) in [6.07, 6.45) is 3.11. The second kappa shape index (κ2) is 10.8. The van der Waals surface area contributed by atoms with E-state index in [1.54, 1.807) is 10.9 Å². The normalized spacial score (nSPS) is 11.4. The predicted octanol–water partition coefficient (Wildman–Crippen LogP) is 3.83. The molecule has 0 fully saturated rings. The van der Waals surface area contributed by atoms with Crippen LogP contribution in [0.4, 0.5) is 5.69 Å². The van der Waals surface area contributed by atoms with Crippen LogP contribution in [0.3, 0.4) is 0 Å². The molecule has 0 atom stereocenters. The van der Waals surface area contributed by atoms with Gasteiger partial charge >= 0.3 is 5.69 Å². The van der Waals surface area contributed by atoms with E-state index < -0.39 is 17.2 Å². The molecule has 0 bridgehead atoms. The average molecular weight is 488 g/mol. The van der Waals surface area contributed by atoms with Gasteiger partial charge in [0.25, 0.3) is 5.56 Å². The van der Waals surface area contributed by atoms with Crippen LogP contribution >= 0.6 is 0 Å². The molecule has 4 rings (SSSR count). The Morgan fingerprint density at radius 1 is 0.944 bits per heavy atom. The van der Waals surface area contributed by atoms with Gasteiger partial charge in [0.2, 0.25) is 5.91 Å². The van der Waals surface area contributed by atoms with Crippen molar-refractivity contribution in [3.05, 3.63) is 92.4 Å². The highest BCUT2D eigenvalue weighted by Gasteiger charge is 2.21. The number of hydrogen-bond acceptors (Lipinski definition) is 4. The van der Waals surface area contributed by atoms with E-state index in [4.69, 9.17) is 0 Å². The third kappa shape index (κ3) is 5.03. The van der Waals surface area contributed by atoms with E-state index >= 15 is 0 Å². The second-order valence-electron chi connectivity index (χ2n) is 9.42. The van der Waals surface area contributed by atoms with Gasteiger partial charge in [-0.05, 0) is 35.4 Å². The highest BCUT2D eigenvalue weighted by atomic mass is 16.2. The molecule has 0 aliphatic heterocycles. The van der Waals surface area contributed by atoms with Crippen LogP contribution in [-0.2, 0) is 37.3 Å². The first kappa shape index (κ1) is 25.2. The van der Waals surface area contributed by atoms with Gasteiger partial charge in [-0.2, -0.15) is 0 Å². The molecule has 1 amide bonds. The highest BCUT2D eigenvalue weighted by molar-refractivity contribution is 5.92. The number of amides is 1. The molecule has 0 saturated carbocycles. The maximum absolute atomic E-state index is 13.6. The summed E-state index contributed by atoms with van der Waals surface area (Å²) in [4.78, 5) is 44.8. The summed E-state index contributed by atoms with van der Waals surface area (Å²) in [6.45, 7) is 8.60. The molecule has 0 saturated heterocycles. The van der Waals surface area contributed by atoms with Crippen LogP contribution < -0.4 is 16.6 Å². The van der Waals surface area contributed by atoms with Crippen LogP contribution in [0.1, 0.15) is 44.4 Å². The summed E-state index contributed by atoms with van der Waals surface area (Å²) in [6, 6.07) is 15.5. The molecule has 1 N–H and O–H groups in total. The van der Waals surface area contributed by atoms with E-state index in [9.17, 15) is 14.4 Å². The van der Waals surface area contributed by atoms with Crippen molar-refractivity contribution in [1.82, 2.24) is 18.7 Å². The number of aryl methyl sites for hydroxylation is 2. The highest BCUT2D eigenvalue weighted by Crippen LogP contribution is 2.22. The van der Waals surface area contributed by atoms with Crippen molar-refractivity contribution in [2.45, 2.75) is 60.2 Å². The Labute approximate surface area is 210 Å². The number of nitrogens with zero attached hydrogens (tertiary/aromatic N) is 4. The lowest BCUT2D eigenvalue weighted by Crippen LogP contribution is -2.43. The number of rotatable bonds is 9. The van der Waals surface area contributed by atoms with E-state index in [1.165, 1.54) is 4.57 Å². The molecular formula is C28H33N5O3. The number of fused-ring (bicyclic) bond motifs is 1. The Hall–Kier alpha value is -3.94. The quantitative estimate of drug-likeness (QED) is 0.389. The molecule has 0 radical (unpaired) electrons. The van der Waals surface area contributed by atoms with Gasteiger partial charge in [0, 0.05) is 12.2 Å². The summed E-state index contributed by atoms with van der Waals surface area (Å²) < 4.78 is 4.28. The van der Waals surface area contributed by atoms with Crippen molar-refractivity contribution >= 4 is 22.8 Å². The first-order chi connectivity index (χ1) is 17.3. The lowest BCUT2D eigenvalue weighted by atomic mass is 10.0. The van der Waals surface area contributed by atoms with Gasteiger partial charge < -0.3 is 9.88 Å². The molecular weight excluding hydrogens is 454 g/mol. The summed E-state index contributed by atoms with van der Waals surface area (Å²) >= 11 is 0. The maximum atomic E-state index is 13.6. The van der Waals surface area contributed by atoms with Gasteiger partial charge in [-0.25, -0.2) is 14.3 Å². The number of carbonyl (C=O) groups is 1. The van der Waals surface area contributed by atoms with Gasteiger partial charge in [-0.15, -0.1) is 0 Å². The third-order valence-corrected chi connectivity index (χ3v) is 6.29. The molecule has 2 aromatic carbocycles. The predicted molar refractivity (Wildman–Crippen MR) is 142 cm³/mol. The Morgan fingerprint density at radius 3 is 2.22 bits per heavy atom. The van der Waals surface area contributed by atoms with Gasteiger partial charge in [0.15, 0.2) is 11.2 Å². The fourth-order valence-corrected chi connectivity index (χ4v) is 4.54. The van der Waals surface area contributed by atoms with Crippen LogP contribution in [0.25, 0.3) is 11.2 Å². The van der Waals surface area contributed by atoms with Crippen LogP contribution in [0, 0.1) is 5.92 Å². The minimum Gasteiger partial charge on any atom is -0.324 e. The summed E-state index contributed by atoms with van der Waals surface area (Å²) in [7, 11) is 0. The zero-order valence-electron chi connectivity index (χ0n) is 21.3. The van der Waals surface area contributed by atoms with Crippen LogP contribution in [0.2, 0.25) is 0 Å². The van der Waals surface area contributed by atoms with E-state index in [0.717, 1.165) is 39.8 Å². The zero-order chi connectivity index (χ0) is 25.8. The van der Waals surface area contributed by atoms with Crippen LogP contribution in [-0.4, -0.2) is 24.6 Å². The van der Waals surface area contributed by atoms with E-state index in [2.05, 4.69) is 10.3 Å². The van der Waals surface area contributed by atoms with Crippen molar-refractivity contribution in [2.75, 3.05) is 5.32 Å². The van der Waals surface area contributed by atoms with Crippen LogP contribution in [0.15, 0.2) is 64.4 Å². The van der Waals surface area contributed by atoms with Gasteiger partial charge in [-0.3, -0.25) is 14.2 Å².